The number of anilines is 1. The third kappa shape index (κ3) is 1.68. The molecule has 0 atom stereocenters. The third-order valence-electron chi connectivity index (χ3n) is 2.29. The number of pyridine rings is 1. The van der Waals surface area contributed by atoms with Gasteiger partial charge in [0.05, 0.1) is 25.0 Å². The van der Waals surface area contributed by atoms with Crippen LogP contribution in [0.25, 0.3) is 0 Å². The lowest BCUT2D eigenvalue weighted by Crippen LogP contribution is -2.46. The second kappa shape index (κ2) is 3.64. The fraction of sp³-hybridized carbons (Fsp3) is 0.400. The molecule has 0 spiro atoms. The maximum absolute atomic E-state index is 8.93. The van der Waals surface area contributed by atoms with Crippen molar-refractivity contribution in [2.24, 2.45) is 5.41 Å². The Morgan fingerprint density at radius 3 is 3.00 bits per heavy atom. The smallest absolute Gasteiger partial charge is 0.121 e. The Kier molecular flexibility index (Phi) is 2.33. The highest BCUT2D eigenvalue weighted by molar-refractivity contribution is 5.40. The van der Waals surface area contributed by atoms with Crippen LogP contribution >= 0.6 is 0 Å². The van der Waals surface area contributed by atoms with Crippen molar-refractivity contribution in [1.82, 2.24) is 4.98 Å². The van der Waals surface area contributed by atoms with Gasteiger partial charge in [0.25, 0.3) is 0 Å². The van der Waals surface area contributed by atoms with Crippen molar-refractivity contribution in [2.45, 2.75) is 0 Å². The number of nitrogens with zero attached hydrogens (tertiary/aromatic N) is 2. The van der Waals surface area contributed by atoms with Crippen molar-refractivity contribution in [3.8, 4) is 6.07 Å². The van der Waals surface area contributed by atoms with Crippen LogP contribution in [0, 0.1) is 16.7 Å². The average molecular weight is 189 g/mol. The predicted octanol–water partition coefficient (Wildman–Crippen LogP) is 1.03. The maximum atomic E-state index is 8.93. The second-order valence-electron chi connectivity index (χ2n) is 3.48. The Labute approximate surface area is 82.5 Å². The number of ether oxygens (including phenoxy) is 1. The Hall–Kier alpha value is -1.60. The first-order valence-corrected chi connectivity index (χ1v) is 4.48. The number of hydrogen-bond acceptors (Lipinski definition) is 4. The lowest BCUT2D eigenvalue weighted by molar-refractivity contribution is -0.0690. The second-order valence-corrected chi connectivity index (χ2v) is 3.48. The molecule has 2 rings (SSSR count). The fourth-order valence-corrected chi connectivity index (χ4v) is 1.29. The molecule has 14 heavy (non-hydrogen) atoms. The summed E-state index contributed by atoms with van der Waals surface area (Å²) in [5.41, 5.74) is 0.601. The van der Waals surface area contributed by atoms with Crippen molar-refractivity contribution in [3.63, 3.8) is 0 Å². The summed E-state index contributed by atoms with van der Waals surface area (Å²) in [7, 11) is 0. The molecule has 0 unspecified atom stereocenters. The zero-order valence-corrected chi connectivity index (χ0v) is 7.73. The van der Waals surface area contributed by atoms with Gasteiger partial charge in [-0.15, -0.1) is 0 Å². The molecule has 1 aliphatic heterocycles. The van der Waals surface area contributed by atoms with E-state index in [1.54, 1.807) is 12.4 Å². The van der Waals surface area contributed by atoms with Crippen LogP contribution in [0.5, 0.6) is 0 Å². The quantitative estimate of drug-likeness (QED) is 0.771. The zero-order valence-electron chi connectivity index (χ0n) is 7.73. The molecule has 1 aromatic rings. The van der Waals surface area contributed by atoms with Crippen LogP contribution < -0.4 is 5.32 Å². The van der Waals surface area contributed by atoms with Gasteiger partial charge < -0.3 is 10.1 Å². The van der Waals surface area contributed by atoms with Crippen molar-refractivity contribution >= 4 is 5.69 Å². The summed E-state index contributed by atoms with van der Waals surface area (Å²) >= 11 is 0. The van der Waals surface area contributed by atoms with Crippen molar-refractivity contribution < 1.29 is 4.74 Å². The van der Waals surface area contributed by atoms with E-state index < -0.39 is 0 Å². The Bertz CT molecular complexity index is 340. The summed E-state index contributed by atoms with van der Waals surface area (Å²) in [5, 5.41) is 12.1. The minimum Gasteiger partial charge on any atom is -0.382 e. The summed E-state index contributed by atoms with van der Waals surface area (Å²) in [6.45, 7) is 1.67. The molecule has 4 nitrogen and oxygen atoms in total. The van der Waals surface area contributed by atoms with E-state index in [0.717, 1.165) is 5.69 Å². The van der Waals surface area contributed by atoms with Gasteiger partial charge >= 0.3 is 0 Å². The number of hydrogen-bond donors (Lipinski definition) is 1. The molecule has 2 heterocycles. The largest absolute Gasteiger partial charge is 0.382 e. The minimum atomic E-state index is -0.337. The number of nitriles is 1. The first kappa shape index (κ1) is 8.97. The van der Waals surface area contributed by atoms with Crippen molar-refractivity contribution in [3.05, 3.63) is 24.5 Å². The van der Waals surface area contributed by atoms with E-state index in [1.165, 1.54) is 0 Å². The van der Waals surface area contributed by atoms with Crippen LogP contribution in [0.3, 0.4) is 0 Å². The monoisotopic (exact) mass is 189 g/mol. The predicted molar refractivity (Wildman–Crippen MR) is 51.6 cm³/mol. The van der Waals surface area contributed by atoms with Crippen molar-refractivity contribution in [1.29, 1.82) is 5.26 Å². The Morgan fingerprint density at radius 1 is 1.64 bits per heavy atom. The van der Waals surface area contributed by atoms with E-state index in [-0.39, 0.29) is 5.41 Å². The van der Waals surface area contributed by atoms with Crippen LogP contribution in [0.2, 0.25) is 0 Å². The molecule has 4 heteroatoms. The number of rotatable bonds is 3. The number of nitrogens with one attached hydrogen (secondary N) is 1. The van der Waals surface area contributed by atoms with E-state index in [4.69, 9.17) is 10.00 Å². The van der Waals surface area contributed by atoms with E-state index in [2.05, 4.69) is 16.4 Å². The summed E-state index contributed by atoms with van der Waals surface area (Å²) in [6.07, 6.45) is 3.46. The highest BCUT2D eigenvalue weighted by atomic mass is 16.5. The SMILES string of the molecule is N#CC1(CNc2cccnc2)COC1. The van der Waals surface area contributed by atoms with Gasteiger partial charge in [-0.3, -0.25) is 4.98 Å². The normalized spacial score (nSPS) is 17.9. The zero-order chi connectivity index (χ0) is 9.86. The van der Waals surface area contributed by atoms with Gasteiger partial charge in [0.1, 0.15) is 5.41 Å². The van der Waals surface area contributed by atoms with Gasteiger partial charge in [-0.05, 0) is 12.1 Å². The van der Waals surface area contributed by atoms with Crippen molar-refractivity contribution in [2.75, 3.05) is 25.1 Å². The molecule has 0 aliphatic carbocycles. The number of aromatic nitrogens is 1. The molecule has 1 aliphatic rings. The lowest BCUT2D eigenvalue weighted by atomic mass is 9.88. The average Bonchev–Trinajstić information content (AvgIpc) is 2.19. The molecule has 72 valence electrons. The standard InChI is InChI=1S/C10H11N3O/c11-5-10(7-14-8-10)6-13-9-2-1-3-12-4-9/h1-4,13H,6-8H2. The maximum Gasteiger partial charge on any atom is 0.121 e. The molecule has 0 radical (unpaired) electrons. The molecule has 0 saturated carbocycles. The van der Waals surface area contributed by atoms with E-state index in [1.807, 2.05) is 12.1 Å². The van der Waals surface area contributed by atoms with Gasteiger partial charge in [0.2, 0.25) is 0 Å². The molecule has 1 saturated heterocycles. The molecule has 1 N–H and O–H groups in total. The van der Waals surface area contributed by atoms with E-state index in [0.29, 0.717) is 19.8 Å². The minimum absolute atomic E-state index is 0.337. The highest BCUT2D eigenvalue weighted by Crippen LogP contribution is 2.26. The van der Waals surface area contributed by atoms with Gasteiger partial charge in [-0.25, -0.2) is 0 Å². The van der Waals surface area contributed by atoms with Gasteiger partial charge in [-0.2, -0.15) is 5.26 Å². The van der Waals surface area contributed by atoms with Crippen LogP contribution in [0.1, 0.15) is 0 Å². The fourth-order valence-electron chi connectivity index (χ4n) is 1.29. The van der Waals surface area contributed by atoms with Crippen LogP contribution in [-0.4, -0.2) is 24.7 Å². The van der Waals surface area contributed by atoms with E-state index in [9.17, 15) is 0 Å². The first-order valence-electron chi connectivity index (χ1n) is 4.48. The topological polar surface area (TPSA) is 57.9 Å². The van der Waals surface area contributed by atoms with Crippen LogP contribution in [0.15, 0.2) is 24.5 Å². The molecule has 0 amide bonds. The molecule has 0 aromatic carbocycles. The van der Waals surface area contributed by atoms with Gasteiger partial charge in [0, 0.05) is 18.9 Å². The highest BCUT2D eigenvalue weighted by Gasteiger charge is 2.38. The summed E-state index contributed by atoms with van der Waals surface area (Å²) in [5.74, 6) is 0. The lowest BCUT2D eigenvalue weighted by Gasteiger charge is -2.35. The van der Waals surface area contributed by atoms with Crippen LogP contribution in [0.4, 0.5) is 5.69 Å². The molecular formula is C10H11N3O. The molecule has 0 bridgehead atoms. The first-order chi connectivity index (χ1) is 6.85. The molecule has 1 fully saturated rings. The Balaban J connectivity index is 1.92. The summed E-state index contributed by atoms with van der Waals surface area (Å²) < 4.78 is 5.04. The Morgan fingerprint density at radius 2 is 2.50 bits per heavy atom. The molecule has 1 aromatic heterocycles. The van der Waals surface area contributed by atoms with Gasteiger partial charge in [-0.1, -0.05) is 0 Å². The molecular weight excluding hydrogens is 178 g/mol. The summed E-state index contributed by atoms with van der Waals surface area (Å²) in [4.78, 5) is 3.98. The third-order valence-corrected chi connectivity index (χ3v) is 2.29. The van der Waals surface area contributed by atoms with Gasteiger partial charge in [0.15, 0.2) is 0 Å². The van der Waals surface area contributed by atoms with E-state index >= 15 is 0 Å². The summed E-state index contributed by atoms with van der Waals surface area (Å²) in [6, 6.07) is 6.07. The van der Waals surface area contributed by atoms with Crippen LogP contribution in [-0.2, 0) is 4.74 Å².